The number of hydrogen-bond donors (Lipinski definition) is 1. The average molecular weight is 405 g/mol. The third kappa shape index (κ3) is 2.65. The molecule has 1 atom stereocenters. The first-order valence-electron chi connectivity index (χ1n) is 10.2. The lowest BCUT2D eigenvalue weighted by atomic mass is 9.79. The van der Waals surface area contributed by atoms with E-state index in [0.29, 0.717) is 11.1 Å². The van der Waals surface area contributed by atoms with Crippen LogP contribution in [0.4, 0.5) is 11.4 Å². The fourth-order valence-electron chi connectivity index (χ4n) is 4.69. The number of fused-ring (bicyclic) bond motifs is 6. The number of ether oxygens (including phenoxy) is 1. The molecule has 6 rings (SSSR count). The lowest BCUT2D eigenvalue weighted by molar-refractivity contribution is 0.414. The Hall–Kier alpha value is -4.05. The Bertz CT molecular complexity index is 1520. The van der Waals surface area contributed by atoms with E-state index in [1.54, 1.807) is 7.11 Å². The molecule has 0 saturated carbocycles. The summed E-state index contributed by atoms with van der Waals surface area (Å²) in [7, 11) is 1.65. The molecule has 1 aliphatic rings. The van der Waals surface area contributed by atoms with Gasteiger partial charge in [0.1, 0.15) is 11.3 Å². The van der Waals surface area contributed by atoms with Gasteiger partial charge in [-0.3, -0.25) is 0 Å². The van der Waals surface area contributed by atoms with Gasteiger partial charge < -0.3 is 14.5 Å². The number of methoxy groups -OCH3 is 1. The molecule has 150 valence electrons. The summed E-state index contributed by atoms with van der Waals surface area (Å²) in [4.78, 5) is 13.3. The van der Waals surface area contributed by atoms with Crippen LogP contribution in [0, 0.1) is 0 Å². The lowest BCUT2D eigenvalue weighted by Crippen LogP contribution is -2.22. The third-order valence-corrected chi connectivity index (χ3v) is 6.11. The van der Waals surface area contributed by atoms with Gasteiger partial charge in [0.05, 0.1) is 18.4 Å². The smallest absolute Gasteiger partial charge is 0.342 e. The molecule has 0 saturated heterocycles. The Kier molecular flexibility index (Phi) is 3.87. The van der Waals surface area contributed by atoms with Gasteiger partial charge in [0.2, 0.25) is 0 Å². The van der Waals surface area contributed by atoms with Crippen molar-refractivity contribution in [1.82, 2.24) is 0 Å². The highest BCUT2D eigenvalue weighted by Gasteiger charge is 2.33. The van der Waals surface area contributed by atoms with Crippen molar-refractivity contribution in [2.75, 3.05) is 12.4 Å². The summed E-state index contributed by atoms with van der Waals surface area (Å²) in [5.74, 6) is 0.519. The highest BCUT2D eigenvalue weighted by Crippen LogP contribution is 2.48. The number of para-hydroxylation sites is 1. The molecular weight excluding hydrogens is 386 g/mol. The molecule has 4 heteroatoms. The van der Waals surface area contributed by atoms with E-state index in [2.05, 4.69) is 29.6 Å². The van der Waals surface area contributed by atoms with Crippen LogP contribution in [0.15, 0.2) is 94.1 Å². The van der Waals surface area contributed by atoms with Gasteiger partial charge in [-0.2, -0.15) is 0 Å². The highest BCUT2D eigenvalue weighted by atomic mass is 16.5. The molecule has 0 bridgehead atoms. The van der Waals surface area contributed by atoms with Gasteiger partial charge in [0.25, 0.3) is 0 Å². The predicted molar refractivity (Wildman–Crippen MR) is 124 cm³/mol. The Balaban J connectivity index is 1.73. The number of benzene rings is 4. The van der Waals surface area contributed by atoms with Gasteiger partial charge >= 0.3 is 5.63 Å². The maximum absolute atomic E-state index is 13.3. The molecule has 1 unspecified atom stereocenters. The highest BCUT2D eigenvalue weighted by molar-refractivity contribution is 6.00. The minimum Gasteiger partial charge on any atom is -0.497 e. The summed E-state index contributed by atoms with van der Waals surface area (Å²) in [5.41, 5.74) is 4.81. The summed E-state index contributed by atoms with van der Waals surface area (Å²) in [6.07, 6.45) is 0. The van der Waals surface area contributed by atoms with E-state index >= 15 is 0 Å². The summed E-state index contributed by atoms with van der Waals surface area (Å²) in [5, 5.41) is 6.70. The van der Waals surface area contributed by atoms with E-state index in [1.807, 2.05) is 60.7 Å². The van der Waals surface area contributed by atoms with Crippen LogP contribution in [0.25, 0.3) is 21.7 Å². The van der Waals surface area contributed by atoms with Crippen LogP contribution in [-0.2, 0) is 0 Å². The topological polar surface area (TPSA) is 51.5 Å². The summed E-state index contributed by atoms with van der Waals surface area (Å²) in [6, 6.07) is 28.1. The number of hydrogen-bond acceptors (Lipinski definition) is 4. The number of rotatable bonds is 2. The maximum Gasteiger partial charge on any atom is 0.342 e. The van der Waals surface area contributed by atoms with Crippen molar-refractivity contribution >= 4 is 33.1 Å². The zero-order chi connectivity index (χ0) is 20.9. The van der Waals surface area contributed by atoms with E-state index in [4.69, 9.17) is 9.15 Å². The maximum atomic E-state index is 13.3. The van der Waals surface area contributed by atoms with Crippen molar-refractivity contribution in [3.63, 3.8) is 0 Å². The normalized spacial score (nSPS) is 14.7. The lowest BCUT2D eigenvalue weighted by Gasteiger charge is -2.30. The second-order valence-electron chi connectivity index (χ2n) is 7.75. The predicted octanol–water partition coefficient (Wildman–Crippen LogP) is 6.19. The summed E-state index contributed by atoms with van der Waals surface area (Å²) >= 11 is 0. The van der Waals surface area contributed by atoms with Gasteiger partial charge in [0, 0.05) is 17.0 Å². The van der Waals surface area contributed by atoms with Crippen molar-refractivity contribution in [3.05, 3.63) is 112 Å². The van der Waals surface area contributed by atoms with Crippen LogP contribution in [0.1, 0.15) is 22.6 Å². The minimum atomic E-state index is -0.319. The molecule has 1 N–H and O–H groups in total. The van der Waals surface area contributed by atoms with E-state index < -0.39 is 0 Å². The zero-order valence-electron chi connectivity index (χ0n) is 16.9. The van der Waals surface area contributed by atoms with E-state index in [9.17, 15) is 4.79 Å². The molecule has 0 aliphatic carbocycles. The van der Waals surface area contributed by atoms with Crippen molar-refractivity contribution in [2.45, 2.75) is 5.92 Å². The van der Waals surface area contributed by atoms with Gasteiger partial charge in [-0.1, -0.05) is 54.6 Å². The fourth-order valence-corrected chi connectivity index (χ4v) is 4.69. The van der Waals surface area contributed by atoms with Crippen molar-refractivity contribution in [1.29, 1.82) is 0 Å². The van der Waals surface area contributed by atoms with Crippen molar-refractivity contribution in [2.24, 2.45) is 0 Å². The Morgan fingerprint density at radius 2 is 1.55 bits per heavy atom. The molecule has 4 aromatic carbocycles. The van der Waals surface area contributed by atoms with Crippen LogP contribution in [0.5, 0.6) is 5.75 Å². The first-order valence-corrected chi connectivity index (χ1v) is 10.2. The fraction of sp³-hybridized carbons (Fsp3) is 0.0741. The van der Waals surface area contributed by atoms with Gasteiger partial charge in [-0.05, 0) is 52.2 Å². The second kappa shape index (κ2) is 6.74. The first-order chi connectivity index (χ1) is 15.2. The van der Waals surface area contributed by atoms with E-state index in [1.165, 1.54) is 0 Å². The average Bonchev–Trinajstić information content (AvgIpc) is 2.83. The number of anilines is 2. The van der Waals surface area contributed by atoms with Gasteiger partial charge in [-0.15, -0.1) is 0 Å². The van der Waals surface area contributed by atoms with Crippen LogP contribution in [-0.4, -0.2) is 7.11 Å². The summed E-state index contributed by atoms with van der Waals surface area (Å²) in [6.45, 7) is 0. The molecule has 5 aromatic rings. The molecule has 31 heavy (non-hydrogen) atoms. The quantitative estimate of drug-likeness (QED) is 0.349. The Morgan fingerprint density at radius 3 is 2.35 bits per heavy atom. The van der Waals surface area contributed by atoms with Crippen LogP contribution in [0.2, 0.25) is 0 Å². The monoisotopic (exact) mass is 405 g/mol. The first kappa shape index (κ1) is 17.8. The third-order valence-electron chi connectivity index (χ3n) is 6.11. The molecule has 0 amide bonds. The standard InChI is InChI=1S/C27H19NO3/c1-30-18-13-10-17(11-14-18)23-24-19-7-3-2-6-16(19)12-15-21(24)28-26-20-8-4-5-9-22(20)31-27(29)25(23)26/h2-15,23,28H,1H3. The van der Waals surface area contributed by atoms with Crippen LogP contribution in [0.3, 0.4) is 0 Å². The SMILES string of the molecule is COc1ccc(C2c3c(c4ccccc4oc3=O)Nc3ccc4ccccc4c32)cc1. The van der Waals surface area contributed by atoms with Gasteiger partial charge in [-0.25, -0.2) is 4.79 Å². The number of nitrogens with one attached hydrogen (secondary N) is 1. The van der Waals surface area contributed by atoms with Crippen LogP contribution >= 0.6 is 0 Å². The molecule has 1 aliphatic heterocycles. The Labute approximate surface area is 178 Å². The molecule has 0 fully saturated rings. The summed E-state index contributed by atoms with van der Waals surface area (Å²) < 4.78 is 11.1. The van der Waals surface area contributed by atoms with Crippen molar-refractivity contribution < 1.29 is 9.15 Å². The Morgan fingerprint density at radius 1 is 0.806 bits per heavy atom. The second-order valence-corrected chi connectivity index (χ2v) is 7.75. The van der Waals surface area contributed by atoms with Crippen LogP contribution < -0.4 is 15.7 Å². The molecule has 1 aromatic heterocycles. The van der Waals surface area contributed by atoms with Gasteiger partial charge in [0.15, 0.2) is 0 Å². The van der Waals surface area contributed by atoms with Crippen molar-refractivity contribution in [3.8, 4) is 5.75 Å². The minimum absolute atomic E-state index is 0.260. The van der Waals surface area contributed by atoms with E-state index in [0.717, 1.165) is 44.4 Å². The molecule has 0 radical (unpaired) electrons. The zero-order valence-corrected chi connectivity index (χ0v) is 16.9. The van der Waals surface area contributed by atoms with E-state index in [-0.39, 0.29) is 11.5 Å². The molecule has 2 heterocycles. The largest absolute Gasteiger partial charge is 0.497 e. The molecule has 4 nitrogen and oxygen atoms in total. The molecular formula is C27H19NO3. The molecule has 0 spiro atoms.